The van der Waals surface area contributed by atoms with Crippen LogP contribution in [0.25, 0.3) is 0 Å². The lowest BCUT2D eigenvalue weighted by Gasteiger charge is -2.27. The molecule has 1 aliphatic rings. The molecule has 1 amide bonds. The van der Waals surface area contributed by atoms with Gasteiger partial charge in [0.25, 0.3) is 0 Å². The molecular formula is C19H21BrN2O2. The highest BCUT2D eigenvalue weighted by atomic mass is 79.9. The Morgan fingerprint density at radius 3 is 2.62 bits per heavy atom. The number of ether oxygens (including phenoxy) is 1. The fraction of sp³-hybridized carbons (Fsp3) is 0.316. The number of nitrogens with one attached hydrogen (secondary N) is 1. The summed E-state index contributed by atoms with van der Waals surface area (Å²) in [5.41, 5.74) is 2.03. The van der Waals surface area contributed by atoms with Gasteiger partial charge < -0.3 is 15.0 Å². The van der Waals surface area contributed by atoms with E-state index in [0.717, 1.165) is 47.5 Å². The summed E-state index contributed by atoms with van der Waals surface area (Å²) >= 11 is 3.49. The summed E-state index contributed by atoms with van der Waals surface area (Å²) < 4.78 is 6.92. The van der Waals surface area contributed by atoms with Crippen LogP contribution in [0, 0.1) is 0 Å². The predicted molar refractivity (Wildman–Crippen MR) is 98.1 cm³/mol. The predicted octanol–water partition coefficient (Wildman–Crippen LogP) is 3.00. The number of carbonyl (C=O) groups excluding carboxylic acids is 1. The van der Waals surface area contributed by atoms with E-state index in [2.05, 4.69) is 21.2 Å². The van der Waals surface area contributed by atoms with E-state index >= 15 is 0 Å². The summed E-state index contributed by atoms with van der Waals surface area (Å²) in [6.45, 7) is 3.76. The molecule has 24 heavy (non-hydrogen) atoms. The van der Waals surface area contributed by atoms with Crippen LogP contribution >= 0.6 is 15.9 Å². The second-order valence-electron chi connectivity index (χ2n) is 5.83. The van der Waals surface area contributed by atoms with Crippen molar-refractivity contribution >= 4 is 21.8 Å². The van der Waals surface area contributed by atoms with Gasteiger partial charge in [-0.15, -0.1) is 0 Å². The summed E-state index contributed by atoms with van der Waals surface area (Å²) in [6, 6.07) is 15.9. The number of amides is 1. The van der Waals surface area contributed by atoms with Gasteiger partial charge in [-0.3, -0.25) is 4.79 Å². The van der Waals surface area contributed by atoms with Crippen LogP contribution in [0.4, 0.5) is 0 Å². The number of hydrogen-bond donors (Lipinski definition) is 1. The highest BCUT2D eigenvalue weighted by Crippen LogP contribution is 2.25. The van der Waals surface area contributed by atoms with E-state index in [0.29, 0.717) is 13.0 Å². The Morgan fingerprint density at radius 2 is 1.88 bits per heavy atom. The largest absolute Gasteiger partial charge is 0.489 e. The fourth-order valence-corrected chi connectivity index (χ4v) is 3.16. The van der Waals surface area contributed by atoms with Crippen molar-refractivity contribution in [1.82, 2.24) is 10.2 Å². The standard InChI is InChI=1S/C19H21BrN2O2/c20-17-6-7-18(24-14-15-4-2-1-3-5-15)16(12-17)13-19(23)22-10-8-21-9-11-22/h1-7,12,21H,8-11,13-14H2. The number of rotatable bonds is 5. The lowest BCUT2D eigenvalue weighted by molar-refractivity contribution is -0.131. The molecule has 1 heterocycles. The average Bonchev–Trinajstić information content (AvgIpc) is 2.62. The third kappa shape index (κ3) is 4.58. The van der Waals surface area contributed by atoms with Crippen LogP contribution in [0.3, 0.4) is 0 Å². The molecule has 1 N–H and O–H groups in total. The topological polar surface area (TPSA) is 41.6 Å². The zero-order chi connectivity index (χ0) is 16.8. The molecule has 5 heteroatoms. The molecule has 0 aromatic heterocycles. The summed E-state index contributed by atoms with van der Waals surface area (Å²) in [5.74, 6) is 0.921. The van der Waals surface area contributed by atoms with Gasteiger partial charge in [0.05, 0.1) is 6.42 Å². The summed E-state index contributed by atoms with van der Waals surface area (Å²) in [7, 11) is 0. The molecule has 0 atom stereocenters. The minimum atomic E-state index is 0.152. The van der Waals surface area contributed by atoms with Crippen LogP contribution in [-0.2, 0) is 17.8 Å². The van der Waals surface area contributed by atoms with Crippen LogP contribution in [0.2, 0.25) is 0 Å². The molecule has 3 rings (SSSR count). The van der Waals surface area contributed by atoms with E-state index in [-0.39, 0.29) is 5.91 Å². The molecule has 0 bridgehead atoms. The molecule has 2 aromatic carbocycles. The van der Waals surface area contributed by atoms with Crippen molar-refractivity contribution in [2.24, 2.45) is 0 Å². The Labute approximate surface area is 150 Å². The molecule has 0 aliphatic carbocycles. The van der Waals surface area contributed by atoms with Crippen molar-refractivity contribution in [1.29, 1.82) is 0 Å². The quantitative estimate of drug-likeness (QED) is 0.855. The molecule has 0 saturated carbocycles. The summed E-state index contributed by atoms with van der Waals surface area (Å²) in [4.78, 5) is 14.4. The maximum Gasteiger partial charge on any atom is 0.227 e. The van der Waals surface area contributed by atoms with Crippen LogP contribution in [0.15, 0.2) is 53.0 Å². The number of benzene rings is 2. The van der Waals surface area contributed by atoms with Crippen LogP contribution in [0.1, 0.15) is 11.1 Å². The van der Waals surface area contributed by atoms with Crippen LogP contribution in [-0.4, -0.2) is 37.0 Å². The highest BCUT2D eigenvalue weighted by Gasteiger charge is 2.18. The van der Waals surface area contributed by atoms with E-state index in [1.807, 2.05) is 53.4 Å². The first-order valence-corrected chi connectivity index (χ1v) is 8.95. The number of hydrogen-bond acceptors (Lipinski definition) is 3. The first-order chi connectivity index (χ1) is 11.7. The lowest BCUT2D eigenvalue weighted by atomic mass is 10.1. The number of piperazine rings is 1. The van der Waals surface area contributed by atoms with Crippen molar-refractivity contribution in [3.8, 4) is 5.75 Å². The minimum Gasteiger partial charge on any atom is -0.489 e. The molecule has 1 fully saturated rings. The van der Waals surface area contributed by atoms with E-state index in [1.54, 1.807) is 0 Å². The normalized spacial score (nSPS) is 14.5. The van der Waals surface area contributed by atoms with E-state index in [4.69, 9.17) is 4.74 Å². The molecule has 4 nitrogen and oxygen atoms in total. The van der Waals surface area contributed by atoms with Gasteiger partial charge in [0, 0.05) is 36.2 Å². The summed E-state index contributed by atoms with van der Waals surface area (Å²) in [5, 5.41) is 3.27. The molecule has 0 radical (unpaired) electrons. The molecule has 1 aliphatic heterocycles. The molecule has 0 spiro atoms. The van der Waals surface area contributed by atoms with Crippen molar-refractivity contribution in [2.45, 2.75) is 13.0 Å². The number of carbonyl (C=O) groups is 1. The van der Waals surface area contributed by atoms with Gasteiger partial charge >= 0.3 is 0 Å². The Balaban J connectivity index is 1.69. The first kappa shape index (κ1) is 17.0. The Hall–Kier alpha value is -1.85. The molecule has 0 unspecified atom stereocenters. The van der Waals surface area contributed by atoms with Crippen molar-refractivity contribution in [2.75, 3.05) is 26.2 Å². The molecule has 1 saturated heterocycles. The van der Waals surface area contributed by atoms with Gasteiger partial charge in [-0.05, 0) is 23.8 Å². The zero-order valence-electron chi connectivity index (χ0n) is 13.5. The molecular weight excluding hydrogens is 368 g/mol. The second-order valence-corrected chi connectivity index (χ2v) is 6.75. The minimum absolute atomic E-state index is 0.152. The fourth-order valence-electron chi connectivity index (χ4n) is 2.75. The Bertz CT molecular complexity index is 685. The Morgan fingerprint density at radius 1 is 1.12 bits per heavy atom. The number of nitrogens with zero attached hydrogens (tertiary/aromatic N) is 1. The van der Waals surface area contributed by atoms with Gasteiger partial charge in [-0.2, -0.15) is 0 Å². The van der Waals surface area contributed by atoms with Crippen LogP contribution in [0.5, 0.6) is 5.75 Å². The first-order valence-electron chi connectivity index (χ1n) is 8.16. The van der Waals surface area contributed by atoms with Gasteiger partial charge in [-0.25, -0.2) is 0 Å². The maximum atomic E-state index is 12.5. The van der Waals surface area contributed by atoms with Gasteiger partial charge in [0.2, 0.25) is 5.91 Å². The molecule has 126 valence electrons. The van der Waals surface area contributed by atoms with Crippen LogP contribution < -0.4 is 10.1 Å². The number of halogens is 1. The SMILES string of the molecule is O=C(Cc1cc(Br)ccc1OCc1ccccc1)N1CCNCC1. The lowest BCUT2D eigenvalue weighted by Crippen LogP contribution is -2.46. The third-order valence-corrected chi connectivity index (χ3v) is 4.56. The summed E-state index contributed by atoms with van der Waals surface area (Å²) in [6.07, 6.45) is 0.365. The maximum absolute atomic E-state index is 12.5. The monoisotopic (exact) mass is 388 g/mol. The van der Waals surface area contributed by atoms with Gasteiger partial charge in [0.1, 0.15) is 12.4 Å². The highest BCUT2D eigenvalue weighted by molar-refractivity contribution is 9.10. The van der Waals surface area contributed by atoms with Crippen molar-refractivity contribution in [3.63, 3.8) is 0 Å². The third-order valence-electron chi connectivity index (χ3n) is 4.07. The van der Waals surface area contributed by atoms with Gasteiger partial charge in [-0.1, -0.05) is 46.3 Å². The zero-order valence-corrected chi connectivity index (χ0v) is 15.1. The van der Waals surface area contributed by atoms with Gasteiger partial charge in [0.15, 0.2) is 0 Å². The second kappa shape index (κ2) is 8.31. The average molecular weight is 389 g/mol. The van der Waals surface area contributed by atoms with E-state index < -0.39 is 0 Å². The molecule has 2 aromatic rings. The van der Waals surface area contributed by atoms with Crippen molar-refractivity contribution < 1.29 is 9.53 Å². The van der Waals surface area contributed by atoms with E-state index in [1.165, 1.54) is 0 Å². The Kier molecular flexibility index (Phi) is 5.88. The smallest absolute Gasteiger partial charge is 0.227 e. The van der Waals surface area contributed by atoms with E-state index in [9.17, 15) is 4.79 Å². The van der Waals surface area contributed by atoms with Crippen molar-refractivity contribution in [3.05, 3.63) is 64.1 Å².